The van der Waals surface area contributed by atoms with Gasteiger partial charge in [0.05, 0.1) is 28.4 Å². The number of hydrogen-bond donors (Lipinski definition) is 1. The normalized spacial score (nSPS) is 11.9. The van der Waals surface area contributed by atoms with Crippen LogP contribution in [-0.4, -0.2) is 32.8 Å². The highest BCUT2D eigenvalue weighted by atomic mass is 32.2. The van der Waals surface area contributed by atoms with Crippen molar-refractivity contribution < 1.29 is 21.6 Å². The van der Waals surface area contributed by atoms with Gasteiger partial charge < -0.3 is 0 Å². The highest BCUT2D eigenvalue weighted by Gasteiger charge is 2.27. The third-order valence-corrected chi connectivity index (χ3v) is 6.82. The van der Waals surface area contributed by atoms with Gasteiger partial charge in [0.25, 0.3) is 10.0 Å². The number of anilines is 1. The lowest BCUT2D eigenvalue weighted by Gasteiger charge is -2.13. The number of Topliss-reactive ketones (excluding diaryl/α,β-unsaturated/α-hetero) is 1. The number of nitriles is 1. The first-order valence-electron chi connectivity index (χ1n) is 8.80. The predicted octanol–water partition coefficient (Wildman–Crippen LogP) is 2.96. The van der Waals surface area contributed by atoms with E-state index in [-0.39, 0.29) is 21.8 Å². The number of carbonyl (C=O) groups excluding carboxylic acids is 1. The molecule has 2 aromatic carbocycles. The largest absolute Gasteiger partial charge is 0.291 e. The van der Waals surface area contributed by atoms with Gasteiger partial charge in [-0.3, -0.25) is 9.52 Å². The maximum Gasteiger partial charge on any atom is 0.268 e. The molecule has 1 N–H and O–H groups in total. The third-order valence-electron chi connectivity index (χ3n) is 4.48. The number of sulfonamides is 1. The van der Waals surface area contributed by atoms with Crippen LogP contribution in [-0.2, 0) is 20.0 Å². The van der Waals surface area contributed by atoms with E-state index >= 15 is 0 Å². The van der Waals surface area contributed by atoms with Crippen molar-refractivity contribution >= 4 is 42.4 Å². The Morgan fingerprint density at radius 1 is 1.07 bits per heavy atom. The molecule has 0 radical (unpaired) electrons. The number of ketones is 1. The molecule has 30 heavy (non-hydrogen) atoms. The highest BCUT2D eigenvalue weighted by molar-refractivity contribution is 7.92. The van der Waals surface area contributed by atoms with Gasteiger partial charge in [-0.2, -0.15) is 5.26 Å². The molecule has 0 aliphatic rings. The number of benzene rings is 2. The quantitative estimate of drug-likeness (QED) is 0.581. The minimum Gasteiger partial charge on any atom is -0.291 e. The molecule has 0 bridgehead atoms. The molecule has 0 unspecified atom stereocenters. The van der Waals surface area contributed by atoms with Crippen molar-refractivity contribution in [2.45, 2.75) is 25.2 Å². The summed E-state index contributed by atoms with van der Waals surface area (Å²) in [4.78, 5) is 12.5. The minimum absolute atomic E-state index is 0.0326. The second kappa shape index (κ2) is 7.59. The monoisotopic (exact) mass is 445 g/mol. The van der Waals surface area contributed by atoms with Gasteiger partial charge >= 0.3 is 0 Å². The van der Waals surface area contributed by atoms with E-state index < -0.39 is 32.3 Å². The Balaban J connectivity index is 2.37. The van der Waals surface area contributed by atoms with E-state index in [4.69, 9.17) is 5.26 Å². The molecule has 10 heteroatoms. The smallest absolute Gasteiger partial charge is 0.268 e. The Kier molecular flexibility index (Phi) is 5.45. The van der Waals surface area contributed by atoms with E-state index in [0.717, 1.165) is 15.8 Å². The van der Waals surface area contributed by atoms with Gasteiger partial charge in [-0.1, -0.05) is 17.7 Å². The summed E-state index contributed by atoms with van der Waals surface area (Å²) in [5, 5.41) is 9.36. The van der Waals surface area contributed by atoms with Crippen LogP contribution in [0, 0.1) is 25.2 Å². The molecule has 0 atom stereocenters. The summed E-state index contributed by atoms with van der Waals surface area (Å²) in [6.45, 7) is 3.48. The Bertz CT molecular complexity index is 1410. The molecule has 3 aromatic rings. The first kappa shape index (κ1) is 21.5. The summed E-state index contributed by atoms with van der Waals surface area (Å²) in [6, 6.07) is 12.2. The van der Waals surface area contributed by atoms with Crippen LogP contribution in [0.15, 0.2) is 47.4 Å². The molecule has 0 aliphatic heterocycles. The van der Waals surface area contributed by atoms with Gasteiger partial charge in [-0.05, 0) is 49.7 Å². The maximum atomic E-state index is 13.4. The lowest BCUT2D eigenvalue weighted by molar-refractivity contribution is 0.0992. The van der Waals surface area contributed by atoms with Crippen LogP contribution >= 0.6 is 0 Å². The lowest BCUT2D eigenvalue weighted by atomic mass is 10.1. The summed E-state index contributed by atoms with van der Waals surface area (Å²) < 4.78 is 53.5. The summed E-state index contributed by atoms with van der Waals surface area (Å²) >= 11 is 0. The molecule has 0 saturated carbocycles. The molecule has 0 saturated heterocycles. The average molecular weight is 446 g/mol. The summed E-state index contributed by atoms with van der Waals surface area (Å²) in [5.41, 5.74) is 1.58. The predicted molar refractivity (Wildman–Crippen MR) is 113 cm³/mol. The number of nitrogens with one attached hydrogen (secondary N) is 1. The average Bonchev–Trinajstić information content (AvgIpc) is 3.00. The number of rotatable bonds is 6. The molecule has 1 heterocycles. The second-order valence-corrected chi connectivity index (χ2v) is 10.5. The number of fused-ring (bicyclic) bond motifs is 1. The molecular formula is C20H19N3O5S2. The van der Waals surface area contributed by atoms with E-state index in [0.29, 0.717) is 10.9 Å². The lowest BCUT2D eigenvalue weighted by Crippen LogP contribution is -2.18. The van der Waals surface area contributed by atoms with E-state index in [1.54, 1.807) is 31.2 Å². The molecule has 156 valence electrons. The molecular weight excluding hydrogens is 426 g/mol. The zero-order chi connectivity index (χ0) is 22.3. The van der Waals surface area contributed by atoms with Crippen molar-refractivity contribution in [1.29, 1.82) is 5.26 Å². The van der Waals surface area contributed by atoms with Gasteiger partial charge in [0, 0.05) is 5.39 Å². The summed E-state index contributed by atoms with van der Waals surface area (Å²) in [7, 11) is -7.81. The van der Waals surface area contributed by atoms with Crippen LogP contribution < -0.4 is 4.72 Å². The van der Waals surface area contributed by atoms with Crippen molar-refractivity contribution in [2.24, 2.45) is 0 Å². The minimum atomic E-state index is -4.20. The SMILES string of the molecule is Cc1ccc(S(=O)(=O)n2c(C(=O)CC#N)cc3cc(C)c(NS(C)(=O)=O)cc32)cc1. The van der Waals surface area contributed by atoms with E-state index in [1.165, 1.54) is 24.3 Å². The molecule has 1 aromatic heterocycles. The van der Waals surface area contributed by atoms with Crippen LogP contribution in [0.2, 0.25) is 0 Å². The van der Waals surface area contributed by atoms with E-state index in [2.05, 4.69) is 4.72 Å². The molecule has 0 aliphatic carbocycles. The van der Waals surface area contributed by atoms with Crippen LogP contribution in [0.5, 0.6) is 0 Å². The standard InChI is InChI=1S/C20H19N3O5S2/c1-13-4-6-16(7-5-13)30(27,28)23-18-12-17(22-29(3,25)26)14(2)10-15(18)11-19(23)20(24)8-9-21/h4-7,10-12,22H,8H2,1-3H3. The Hall–Kier alpha value is -3.16. The second-order valence-electron chi connectivity index (χ2n) is 6.97. The Morgan fingerprint density at radius 3 is 2.27 bits per heavy atom. The fourth-order valence-electron chi connectivity index (χ4n) is 3.09. The molecule has 3 rings (SSSR count). The van der Waals surface area contributed by atoms with E-state index in [9.17, 15) is 21.6 Å². The van der Waals surface area contributed by atoms with Gasteiger partial charge in [0.1, 0.15) is 12.1 Å². The molecule has 0 amide bonds. The molecule has 0 spiro atoms. The molecule has 8 nitrogen and oxygen atoms in total. The number of hydrogen-bond acceptors (Lipinski definition) is 6. The van der Waals surface area contributed by atoms with Gasteiger partial charge in [-0.25, -0.2) is 20.8 Å². The first-order valence-corrected chi connectivity index (χ1v) is 12.1. The van der Waals surface area contributed by atoms with Crippen LogP contribution in [0.4, 0.5) is 5.69 Å². The Labute approximate surface area is 174 Å². The first-order chi connectivity index (χ1) is 13.9. The van der Waals surface area contributed by atoms with Gasteiger partial charge in [-0.15, -0.1) is 0 Å². The molecule has 0 fully saturated rings. The fraction of sp³-hybridized carbons (Fsp3) is 0.200. The number of aromatic nitrogens is 1. The van der Waals surface area contributed by atoms with Crippen molar-refractivity contribution in [1.82, 2.24) is 3.97 Å². The topological polar surface area (TPSA) is 126 Å². The summed E-state index contributed by atoms with van der Waals surface area (Å²) in [6.07, 6.45) is 0.494. The maximum absolute atomic E-state index is 13.4. The fourth-order valence-corrected chi connectivity index (χ4v) is 5.23. The highest BCUT2D eigenvalue weighted by Crippen LogP contribution is 2.31. The number of aryl methyl sites for hydroxylation is 2. The third kappa shape index (κ3) is 4.08. The zero-order valence-electron chi connectivity index (χ0n) is 16.5. The Morgan fingerprint density at radius 2 is 1.70 bits per heavy atom. The van der Waals surface area contributed by atoms with Crippen molar-refractivity contribution in [3.05, 3.63) is 59.3 Å². The van der Waals surface area contributed by atoms with Crippen molar-refractivity contribution in [2.75, 3.05) is 11.0 Å². The van der Waals surface area contributed by atoms with Crippen molar-refractivity contribution in [3.63, 3.8) is 0 Å². The number of carbonyl (C=O) groups is 1. The number of nitrogens with zero attached hydrogens (tertiary/aromatic N) is 2. The van der Waals surface area contributed by atoms with Crippen LogP contribution in [0.25, 0.3) is 10.9 Å². The van der Waals surface area contributed by atoms with E-state index in [1.807, 2.05) is 6.92 Å². The zero-order valence-corrected chi connectivity index (χ0v) is 18.1. The van der Waals surface area contributed by atoms with Crippen molar-refractivity contribution in [3.8, 4) is 6.07 Å². The van der Waals surface area contributed by atoms with Crippen LogP contribution in [0.1, 0.15) is 28.0 Å². The van der Waals surface area contributed by atoms with Gasteiger partial charge in [0.2, 0.25) is 10.0 Å². The summed E-state index contributed by atoms with van der Waals surface area (Å²) in [5.74, 6) is -0.653. The van der Waals surface area contributed by atoms with Crippen LogP contribution in [0.3, 0.4) is 0 Å². The van der Waals surface area contributed by atoms with Gasteiger partial charge in [0.15, 0.2) is 5.78 Å².